The van der Waals surface area contributed by atoms with Gasteiger partial charge in [0.05, 0.1) is 11.8 Å². The molecule has 0 bridgehead atoms. The molecule has 0 spiro atoms. The van der Waals surface area contributed by atoms with Gasteiger partial charge in [-0.25, -0.2) is 9.69 Å². The number of carbonyl (C=O) groups excluding carboxylic acids is 2. The van der Waals surface area contributed by atoms with Crippen LogP contribution in [0.4, 0.5) is 10.5 Å². The maximum atomic E-state index is 11.7. The van der Waals surface area contributed by atoms with E-state index in [4.69, 9.17) is 0 Å². The molecule has 80 valence electrons. The van der Waals surface area contributed by atoms with Crippen LogP contribution in [0.3, 0.4) is 0 Å². The minimum absolute atomic E-state index is 0.409. The number of aliphatic hydroxyl groups excluding tert-OH is 1. The Morgan fingerprint density at radius 3 is 2.80 bits per heavy atom. The summed E-state index contributed by atoms with van der Waals surface area (Å²) in [6.45, 7) is 1.47. The van der Waals surface area contributed by atoms with Gasteiger partial charge in [0, 0.05) is 5.38 Å². The van der Waals surface area contributed by atoms with Crippen molar-refractivity contribution in [1.29, 1.82) is 0 Å². The van der Waals surface area contributed by atoms with Crippen LogP contribution in [0, 0.1) is 0 Å². The van der Waals surface area contributed by atoms with Gasteiger partial charge in [-0.05, 0) is 18.4 Å². The van der Waals surface area contributed by atoms with E-state index in [1.54, 1.807) is 16.8 Å². The monoisotopic (exact) mass is 226 g/mol. The summed E-state index contributed by atoms with van der Waals surface area (Å²) >= 11 is 1.40. The molecule has 0 aromatic carbocycles. The molecule has 1 aromatic rings. The minimum Gasteiger partial charge on any atom is -0.391 e. The van der Waals surface area contributed by atoms with Gasteiger partial charge in [0.2, 0.25) is 0 Å². The Labute approximate surface area is 90.3 Å². The van der Waals surface area contributed by atoms with Gasteiger partial charge in [-0.2, -0.15) is 11.3 Å². The first-order valence-electron chi connectivity index (χ1n) is 4.46. The second kappa shape index (κ2) is 3.63. The predicted molar refractivity (Wildman–Crippen MR) is 55.8 cm³/mol. The molecule has 2 rings (SSSR count). The van der Waals surface area contributed by atoms with Crippen LogP contribution in [0.1, 0.15) is 6.92 Å². The summed E-state index contributed by atoms with van der Waals surface area (Å²) in [4.78, 5) is 24.3. The van der Waals surface area contributed by atoms with Crippen molar-refractivity contribution >= 4 is 29.0 Å². The summed E-state index contributed by atoms with van der Waals surface area (Å²) < 4.78 is 0. The molecule has 0 saturated carbocycles. The number of rotatable bonds is 2. The van der Waals surface area contributed by atoms with Gasteiger partial charge in [0.1, 0.15) is 6.04 Å². The van der Waals surface area contributed by atoms with E-state index in [-0.39, 0.29) is 0 Å². The third kappa shape index (κ3) is 1.62. The molecule has 15 heavy (non-hydrogen) atoms. The lowest BCUT2D eigenvalue weighted by molar-refractivity contribution is -0.120. The second-order valence-corrected chi connectivity index (χ2v) is 4.10. The Bertz CT molecular complexity index is 388. The van der Waals surface area contributed by atoms with Crippen molar-refractivity contribution in [3.05, 3.63) is 16.8 Å². The number of anilines is 1. The van der Waals surface area contributed by atoms with Crippen LogP contribution in [0.25, 0.3) is 0 Å². The molecule has 2 atom stereocenters. The zero-order valence-corrected chi connectivity index (χ0v) is 8.82. The largest absolute Gasteiger partial charge is 0.391 e. The summed E-state index contributed by atoms with van der Waals surface area (Å²) in [6, 6.07) is 0.369. The third-order valence-electron chi connectivity index (χ3n) is 2.22. The molecule has 1 aromatic heterocycles. The number of carbonyl (C=O) groups is 2. The van der Waals surface area contributed by atoms with Gasteiger partial charge < -0.3 is 10.4 Å². The third-order valence-corrected chi connectivity index (χ3v) is 2.89. The first-order valence-corrected chi connectivity index (χ1v) is 5.40. The Morgan fingerprint density at radius 1 is 1.60 bits per heavy atom. The maximum Gasteiger partial charge on any atom is 0.329 e. The second-order valence-electron chi connectivity index (χ2n) is 3.32. The fourth-order valence-electron chi connectivity index (χ4n) is 1.45. The number of thiophene rings is 1. The lowest BCUT2D eigenvalue weighted by atomic mass is 10.2. The van der Waals surface area contributed by atoms with Crippen molar-refractivity contribution < 1.29 is 14.7 Å². The fraction of sp³-hybridized carbons (Fsp3) is 0.333. The number of hydrogen-bond acceptors (Lipinski definition) is 4. The Hall–Kier alpha value is -1.40. The number of aliphatic hydroxyl groups is 1. The van der Waals surface area contributed by atoms with E-state index in [0.29, 0.717) is 5.69 Å². The molecule has 2 N–H and O–H groups in total. The molecule has 0 aliphatic carbocycles. The highest BCUT2D eigenvalue weighted by molar-refractivity contribution is 7.08. The zero-order chi connectivity index (χ0) is 11.0. The summed E-state index contributed by atoms with van der Waals surface area (Å²) in [5, 5.41) is 15.2. The van der Waals surface area contributed by atoms with Gasteiger partial charge >= 0.3 is 6.03 Å². The van der Waals surface area contributed by atoms with Crippen LogP contribution in [0.2, 0.25) is 0 Å². The normalized spacial score (nSPS) is 23.1. The molecule has 5 nitrogen and oxygen atoms in total. The van der Waals surface area contributed by atoms with E-state index in [0.717, 1.165) is 4.90 Å². The van der Waals surface area contributed by atoms with Gasteiger partial charge in [0.25, 0.3) is 5.91 Å². The molecule has 1 unspecified atom stereocenters. The summed E-state index contributed by atoms with van der Waals surface area (Å²) in [6.07, 6.45) is -0.884. The minimum atomic E-state index is -0.884. The van der Waals surface area contributed by atoms with E-state index in [1.807, 2.05) is 0 Å². The topological polar surface area (TPSA) is 69.6 Å². The average Bonchev–Trinajstić information content (AvgIpc) is 2.73. The molecule has 1 aliphatic rings. The molecule has 0 radical (unpaired) electrons. The smallest absolute Gasteiger partial charge is 0.329 e. The highest BCUT2D eigenvalue weighted by atomic mass is 32.1. The lowest BCUT2D eigenvalue weighted by Gasteiger charge is -2.12. The van der Waals surface area contributed by atoms with Crippen molar-refractivity contribution in [1.82, 2.24) is 5.32 Å². The number of nitrogens with zero attached hydrogens (tertiary/aromatic N) is 1. The Kier molecular flexibility index (Phi) is 2.45. The van der Waals surface area contributed by atoms with Crippen LogP contribution in [0.5, 0.6) is 0 Å². The van der Waals surface area contributed by atoms with E-state index >= 15 is 0 Å². The van der Waals surface area contributed by atoms with Crippen LogP contribution in [-0.4, -0.2) is 29.2 Å². The first kappa shape index (κ1) is 10.1. The van der Waals surface area contributed by atoms with Gasteiger partial charge in [0.15, 0.2) is 0 Å². The highest BCUT2D eigenvalue weighted by Gasteiger charge is 2.41. The first-order chi connectivity index (χ1) is 7.11. The van der Waals surface area contributed by atoms with Crippen LogP contribution in [0.15, 0.2) is 16.8 Å². The molecule has 1 saturated heterocycles. The molecular formula is C9H10N2O3S. The molecule has 1 fully saturated rings. The van der Waals surface area contributed by atoms with E-state index in [1.165, 1.54) is 18.3 Å². The van der Waals surface area contributed by atoms with Crippen molar-refractivity contribution in [2.24, 2.45) is 0 Å². The number of imide groups is 1. The van der Waals surface area contributed by atoms with Crippen molar-refractivity contribution in [3.63, 3.8) is 0 Å². The number of hydrogen-bond donors (Lipinski definition) is 2. The van der Waals surface area contributed by atoms with Crippen LogP contribution < -0.4 is 10.2 Å². The molecule has 3 amide bonds. The van der Waals surface area contributed by atoms with Crippen molar-refractivity contribution in [2.75, 3.05) is 4.90 Å². The highest BCUT2D eigenvalue weighted by Crippen LogP contribution is 2.22. The number of urea groups is 1. The SMILES string of the molecule is CC(O)[C@@H]1NC(=O)N(c2ccsc2)C1=O. The molecular weight excluding hydrogens is 216 g/mol. The lowest BCUT2D eigenvalue weighted by Crippen LogP contribution is -2.39. The van der Waals surface area contributed by atoms with Crippen LogP contribution >= 0.6 is 11.3 Å². The van der Waals surface area contributed by atoms with Gasteiger partial charge in [-0.1, -0.05) is 0 Å². The Morgan fingerprint density at radius 2 is 2.33 bits per heavy atom. The quantitative estimate of drug-likeness (QED) is 0.724. The van der Waals surface area contributed by atoms with Gasteiger partial charge in [-0.3, -0.25) is 4.79 Å². The van der Waals surface area contributed by atoms with Gasteiger partial charge in [-0.15, -0.1) is 0 Å². The van der Waals surface area contributed by atoms with Crippen molar-refractivity contribution in [2.45, 2.75) is 19.1 Å². The summed E-state index contributed by atoms with van der Waals surface area (Å²) in [5.41, 5.74) is 0.547. The van der Waals surface area contributed by atoms with E-state index < -0.39 is 24.1 Å². The predicted octanol–water partition coefficient (Wildman–Crippen LogP) is 0.554. The standard InChI is InChI=1S/C9H10N2O3S/c1-5(12)7-8(13)11(9(14)10-7)6-2-3-15-4-6/h2-5,7,12H,1H3,(H,10,14)/t5?,7-/m0/s1. The fourth-order valence-corrected chi connectivity index (χ4v) is 2.07. The van der Waals surface area contributed by atoms with E-state index in [2.05, 4.69) is 5.32 Å². The van der Waals surface area contributed by atoms with Crippen molar-refractivity contribution in [3.8, 4) is 0 Å². The zero-order valence-electron chi connectivity index (χ0n) is 8.01. The Balaban J connectivity index is 2.28. The van der Waals surface area contributed by atoms with E-state index in [9.17, 15) is 14.7 Å². The maximum absolute atomic E-state index is 11.7. The summed E-state index contributed by atoms with van der Waals surface area (Å²) in [5.74, 6) is -0.409. The molecule has 2 heterocycles. The number of amides is 3. The average molecular weight is 226 g/mol. The van der Waals surface area contributed by atoms with Crippen LogP contribution in [-0.2, 0) is 4.79 Å². The summed E-state index contributed by atoms with van der Waals surface area (Å²) in [7, 11) is 0. The number of nitrogens with one attached hydrogen (secondary N) is 1. The molecule has 1 aliphatic heterocycles. The molecule has 6 heteroatoms.